The number of hydrogen-bond acceptors (Lipinski definition) is 7. The molecule has 0 aliphatic rings. The van der Waals surface area contributed by atoms with E-state index in [-0.39, 0.29) is 0 Å². The van der Waals surface area contributed by atoms with Crippen molar-refractivity contribution in [2.75, 3.05) is 19.5 Å². The predicted octanol–water partition coefficient (Wildman–Crippen LogP) is 2.77. The van der Waals surface area contributed by atoms with Crippen LogP contribution in [-0.4, -0.2) is 29.0 Å². The van der Waals surface area contributed by atoms with E-state index in [1.54, 1.807) is 22.7 Å². The third kappa shape index (κ3) is 2.40. The van der Waals surface area contributed by atoms with Gasteiger partial charge in [0.1, 0.15) is 10.7 Å². The first-order valence-electron chi connectivity index (χ1n) is 6.12. The zero-order valence-electron chi connectivity index (χ0n) is 11.3. The molecule has 3 aromatic heterocycles. The molecule has 5 nitrogen and oxygen atoms in total. The Balaban J connectivity index is 2.17. The molecule has 0 saturated heterocycles. The van der Waals surface area contributed by atoms with Gasteiger partial charge < -0.3 is 10.3 Å². The summed E-state index contributed by atoms with van der Waals surface area (Å²) in [6, 6.07) is 4.14. The number of aromatic nitrogens is 2. The zero-order chi connectivity index (χ0) is 14.1. The quantitative estimate of drug-likeness (QED) is 0.573. The molecule has 3 aromatic rings. The van der Waals surface area contributed by atoms with E-state index in [4.69, 9.17) is 5.84 Å². The first kappa shape index (κ1) is 13.4. The number of anilines is 1. The van der Waals surface area contributed by atoms with Crippen LogP contribution in [0.15, 0.2) is 22.9 Å². The maximum absolute atomic E-state index is 5.65. The minimum absolute atomic E-state index is 0.691. The lowest BCUT2D eigenvalue weighted by Crippen LogP contribution is -2.16. The maximum atomic E-state index is 5.65. The predicted molar refractivity (Wildman–Crippen MR) is 85.9 cm³/mol. The number of nitrogens with two attached hydrogens (primary N) is 1. The fourth-order valence-electron chi connectivity index (χ4n) is 2.06. The molecule has 0 spiro atoms. The largest absolute Gasteiger partial charge is 0.308 e. The lowest BCUT2D eigenvalue weighted by Gasteiger charge is -2.10. The smallest absolute Gasteiger partial charge is 0.153 e. The summed E-state index contributed by atoms with van der Waals surface area (Å²) in [5.74, 6) is 7.12. The SMILES string of the molecule is CN(C)Cc1nc(NN)c2c(-c3cccs3)csc2n1. The lowest BCUT2D eigenvalue weighted by atomic mass is 10.2. The van der Waals surface area contributed by atoms with Crippen molar-refractivity contribution in [1.29, 1.82) is 0 Å². The molecule has 0 saturated carbocycles. The molecule has 0 bridgehead atoms. The summed E-state index contributed by atoms with van der Waals surface area (Å²) >= 11 is 3.33. The number of nitrogen functional groups attached to an aromatic ring is 1. The van der Waals surface area contributed by atoms with Gasteiger partial charge in [-0.1, -0.05) is 6.07 Å². The second-order valence-corrected chi connectivity index (χ2v) is 6.48. The normalized spacial score (nSPS) is 11.4. The summed E-state index contributed by atoms with van der Waals surface area (Å²) in [6.07, 6.45) is 0. The molecule has 0 unspecified atom stereocenters. The molecule has 3 N–H and O–H groups in total. The van der Waals surface area contributed by atoms with Crippen molar-refractivity contribution in [1.82, 2.24) is 14.9 Å². The highest BCUT2D eigenvalue weighted by molar-refractivity contribution is 7.18. The summed E-state index contributed by atoms with van der Waals surface area (Å²) in [4.78, 5) is 13.4. The molecule has 0 atom stereocenters. The van der Waals surface area contributed by atoms with Gasteiger partial charge in [-0.05, 0) is 25.5 Å². The summed E-state index contributed by atoms with van der Waals surface area (Å²) in [6.45, 7) is 0.691. The summed E-state index contributed by atoms with van der Waals surface area (Å²) < 4.78 is 0. The number of hydrogen-bond donors (Lipinski definition) is 2. The Bertz CT molecular complexity index is 718. The molecule has 3 heterocycles. The van der Waals surface area contributed by atoms with Crippen LogP contribution in [0.4, 0.5) is 5.82 Å². The molecule has 0 aliphatic heterocycles. The van der Waals surface area contributed by atoms with E-state index < -0.39 is 0 Å². The van der Waals surface area contributed by atoms with E-state index in [9.17, 15) is 0 Å². The second-order valence-electron chi connectivity index (χ2n) is 4.68. The molecule has 3 rings (SSSR count). The third-order valence-corrected chi connectivity index (χ3v) is 4.64. The van der Waals surface area contributed by atoms with Crippen LogP contribution in [0.1, 0.15) is 5.82 Å². The van der Waals surface area contributed by atoms with Crippen LogP contribution in [-0.2, 0) is 6.54 Å². The van der Waals surface area contributed by atoms with Crippen LogP contribution in [0.5, 0.6) is 0 Å². The van der Waals surface area contributed by atoms with Gasteiger partial charge in [-0.3, -0.25) is 0 Å². The van der Waals surface area contributed by atoms with Crippen molar-refractivity contribution in [3.63, 3.8) is 0 Å². The summed E-state index contributed by atoms with van der Waals surface area (Å²) in [5.41, 5.74) is 3.86. The Labute approximate surface area is 125 Å². The van der Waals surface area contributed by atoms with E-state index >= 15 is 0 Å². The Hall–Kier alpha value is -1.54. The Morgan fingerprint density at radius 3 is 2.80 bits per heavy atom. The second kappa shape index (κ2) is 5.45. The van der Waals surface area contributed by atoms with E-state index in [2.05, 4.69) is 32.2 Å². The van der Waals surface area contributed by atoms with Crippen LogP contribution in [0.3, 0.4) is 0 Å². The first-order valence-corrected chi connectivity index (χ1v) is 7.88. The van der Waals surface area contributed by atoms with Crippen LogP contribution in [0.2, 0.25) is 0 Å². The van der Waals surface area contributed by atoms with Gasteiger partial charge in [-0.2, -0.15) is 0 Å². The van der Waals surface area contributed by atoms with E-state index in [0.717, 1.165) is 21.6 Å². The van der Waals surface area contributed by atoms with Gasteiger partial charge in [0, 0.05) is 15.8 Å². The number of rotatable bonds is 4. The van der Waals surface area contributed by atoms with Gasteiger partial charge in [0.05, 0.1) is 11.9 Å². The molecule has 0 amide bonds. The van der Waals surface area contributed by atoms with Gasteiger partial charge in [-0.15, -0.1) is 22.7 Å². The average molecular weight is 305 g/mol. The number of nitrogens with zero attached hydrogens (tertiary/aromatic N) is 3. The van der Waals surface area contributed by atoms with Gasteiger partial charge in [0.15, 0.2) is 5.82 Å². The van der Waals surface area contributed by atoms with Gasteiger partial charge in [0.2, 0.25) is 0 Å². The zero-order valence-corrected chi connectivity index (χ0v) is 12.9. The lowest BCUT2D eigenvalue weighted by molar-refractivity contribution is 0.391. The highest BCUT2D eigenvalue weighted by Gasteiger charge is 2.15. The highest BCUT2D eigenvalue weighted by atomic mass is 32.1. The fourth-order valence-corrected chi connectivity index (χ4v) is 3.84. The Kier molecular flexibility index (Phi) is 3.66. The fraction of sp³-hybridized carbons (Fsp3) is 0.231. The molecular formula is C13H15N5S2. The monoisotopic (exact) mass is 305 g/mol. The number of hydrazine groups is 1. The number of nitrogens with one attached hydrogen (secondary N) is 1. The maximum Gasteiger partial charge on any atom is 0.153 e. The topological polar surface area (TPSA) is 67.1 Å². The molecule has 0 aliphatic carbocycles. The van der Waals surface area contributed by atoms with E-state index in [0.29, 0.717) is 12.4 Å². The summed E-state index contributed by atoms with van der Waals surface area (Å²) in [5, 5.41) is 5.18. The van der Waals surface area contributed by atoms with Gasteiger partial charge >= 0.3 is 0 Å². The van der Waals surface area contributed by atoms with Crippen LogP contribution in [0.25, 0.3) is 20.7 Å². The van der Waals surface area contributed by atoms with E-state index in [1.165, 1.54) is 4.88 Å². The standard InChI is InChI=1S/C13H15N5S2/c1-18(2)6-10-15-12(17-14)11-8(7-20-13(11)16-10)9-4-3-5-19-9/h3-5,7H,6,14H2,1-2H3,(H,15,16,17). The third-order valence-electron chi connectivity index (χ3n) is 2.86. The van der Waals surface area contributed by atoms with Gasteiger partial charge in [0.25, 0.3) is 0 Å². The molecule has 0 radical (unpaired) electrons. The van der Waals surface area contributed by atoms with Crippen LogP contribution in [0, 0.1) is 0 Å². The summed E-state index contributed by atoms with van der Waals surface area (Å²) in [7, 11) is 3.99. The van der Waals surface area contributed by atoms with Crippen LogP contribution >= 0.6 is 22.7 Å². The molecule has 0 aromatic carbocycles. The van der Waals surface area contributed by atoms with Crippen molar-refractivity contribution < 1.29 is 0 Å². The minimum atomic E-state index is 0.691. The minimum Gasteiger partial charge on any atom is -0.308 e. The van der Waals surface area contributed by atoms with Crippen LogP contribution < -0.4 is 11.3 Å². The van der Waals surface area contributed by atoms with Crippen molar-refractivity contribution in [2.45, 2.75) is 6.54 Å². The number of fused-ring (bicyclic) bond motifs is 1. The highest BCUT2D eigenvalue weighted by Crippen LogP contribution is 2.38. The Morgan fingerprint density at radius 2 is 2.15 bits per heavy atom. The van der Waals surface area contributed by atoms with Gasteiger partial charge in [-0.25, -0.2) is 15.8 Å². The molecule has 0 fully saturated rings. The Morgan fingerprint density at radius 1 is 1.30 bits per heavy atom. The average Bonchev–Trinajstić information content (AvgIpc) is 3.04. The molecule has 20 heavy (non-hydrogen) atoms. The van der Waals surface area contributed by atoms with Crippen molar-refractivity contribution >= 4 is 38.7 Å². The van der Waals surface area contributed by atoms with Crippen molar-refractivity contribution in [3.8, 4) is 10.4 Å². The number of thiophene rings is 2. The van der Waals surface area contributed by atoms with Crippen molar-refractivity contribution in [3.05, 3.63) is 28.7 Å². The molecule has 104 valence electrons. The molecule has 7 heteroatoms. The first-order chi connectivity index (χ1) is 9.69. The molecular weight excluding hydrogens is 290 g/mol. The van der Waals surface area contributed by atoms with E-state index in [1.807, 2.05) is 25.1 Å². The van der Waals surface area contributed by atoms with Crippen molar-refractivity contribution in [2.24, 2.45) is 5.84 Å².